The van der Waals surface area contributed by atoms with E-state index >= 15 is 0 Å². The molecule has 96 valence electrons. The highest BCUT2D eigenvalue weighted by molar-refractivity contribution is 7.26. The molecule has 0 aliphatic carbocycles. The van der Waals surface area contributed by atoms with E-state index in [0.717, 1.165) is 10.5 Å². The van der Waals surface area contributed by atoms with Crippen molar-refractivity contribution in [2.24, 2.45) is 0 Å². The lowest BCUT2D eigenvalue weighted by Crippen LogP contribution is -1.68. The number of para-hydroxylation sites is 1. The quantitative estimate of drug-likeness (QED) is 0.462. The number of nitrogens with zero attached hydrogens (tertiary/aromatic N) is 1. The highest BCUT2D eigenvalue weighted by Gasteiger charge is 2.09. The second-order valence-corrected chi connectivity index (χ2v) is 6.63. The van der Waals surface area contributed by atoms with Crippen molar-refractivity contribution >= 4 is 32.9 Å². The Kier molecular flexibility index (Phi) is 2.87. The number of hydrogen-bond acceptors (Lipinski definition) is 3. The topological polar surface area (TPSA) is 12.9 Å². The number of benzene rings is 2. The molecule has 0 bridgehead atoms. The van der Waals surface area contributed by atoms with Crippen molar-refractivity contribution in [2.45, 2.75) is 0 Å². The molecule has 0 unspecified atom stereocenters. The van der Waals surface area contributed by atoms with Gasteiger partial charge in [-0.2, -0.15) is 0 Å². The van der Waals surface area contributed by atoms with E-state index in [4.69, 9.17) is 4.98 Å². The molecule has 1 nitrogen and oxygen atoms in total. The molecule has 2 aromatic carbocycles. The van der Waals surface area contributed by atoms with E-state index in [1.54, 1.807) is 22.7 Å². The Labute approximate surface area is 125 Å². The normalized spacial score (nSPS) is 11.0. The lowest BCUT2D eigenvalue weighted by atomic mass is 10.2. The predicted octanol–water partition coefficient (Wildman–Crippen LogP) is 5.69. The summed E-state index contributed by atoms with van der Waals surface area (Å²) in [7, 11) is 0. The smallest absolute Gasteiger partial charge is 0.134 e. The Morgan fingerprint density at radius 1 is 0.650 bits per heavy atom. The van der Waals surface area contributed by atoms with E-state index in [2.05, 4.69) is 54.6 Å². The number of rotatable bonds is 2. The molecular weight excluding hydrogens is 282 g/mol. The third-order valence-corrected chi connectivity index (χ3v) is 5.51. The van der Waals surface area contributed by atoms with E-state index in [9.17, 15) is 0 Å². The van der Waals surface area contributed by atoms with Crippen LogP contribution < -0.4 is 0 Å². The van der Waals surface area contributed by atoms with Crippen molar-refractivity contribution in [1.29, 1.82) is 0 Å². The van der Waals surface area contributed by atoms with Gasteiger partial charge in [-0.25, -0.2) is 4.98 Å². The fourth-order valence-electron chi connectivity index (χ4n) is 2.19. The Morgan fingerprint density at radius 3 is 2.25 bits per heavy atom. The molecule has 0 N–H and O–H groups in total. The fourth-order valence-corrected chi connectivity index (χ4v) is 4.22. The molecular formula is C17H11NS2. The zero-order valence-electron chi connectivity index (χ0n) is 10.6. The zero-order valence-corrected chi connectivity index (χ0v) is 12.2. The monoisotopic (exact) mass is 293 g/mol. The van der Waals surface area contributed by atoms with Gasteiger partial charge in [0.25, 0.3) is 0 Å². The van der Waals surface area contributed by atoms with E-state index in [1.807, 2.05) is 12.1 Å². The SMILES string of the molecule is c1ccc(-c2ccc(-c3nc4ccccc4s3)s2)cc1. The molecule has 0 fully saturated rings. The Bertz CT molecular complexity index is 826. The highest BCUT2D eigenvalue weighted by Crippen LogP contribution is 2.37. The van der Waals surface area contributed by atoms with Crippen LogP contribution in [0.15, 0.2) is 66.7 Å². The first-order chi connectivity index (χ1) is 9.90. The van der Waals surface area contributed by atoms with Gasteiger partial charge in [-0.05, 0) is 29.8 Å². The molecule has 0 atom stereocenters. The van der Waals surface area contributed by atoms with Crippen molar-refractivity contribution in [3.63, 3.8) is 0 Å². The van der Waals surface area contributed by atoms with E-state index in [0.29, 0.717) is 0 Å². The second kappa shape index (κ2) is 4.85. The Balaban J connectivity index is 1.78. The third kappa shape index (κ3) is 2.05. The van der Waals surface area contributed by atoms with Gasteiger partial charge in [0.05, 0.1) is 15.1 Å². The van der Waals surface area contributed by atoms with Crippen molar-refractivity contribution in [3.05, 3.63) is 66.7 Å². The fraction of sp³-hybridized carbons (Fsp3) is 0. The molecule has 0 aliphatic rings. The van der Waals surface area contributed by atoms with Crippen LogP contribution in [0, 0.1) is 0 Å². The van der Waals surface area contributed by atoms with Gasteiger partial charge in [-0.1, -0.05) is 42.5 Å². The molecule has 2 heterocycles. The van der Waals surface area contributed by atoms with Gasteiger partial charge in [-0.15, -0.1) is 22.7 Å². The summed E-state index contributed by atoms with van der Waals surface area (Å²) in [4.78, 5) is 7.25. The van der Waals surface area contributed by atoms with E-state index in [1.165, 1.54) is 20.0 Å². The van der Waals surface area contributed by atoms with Gasteiger partial charge in [0.2, 0.25) is 0 Å². The minimum absolute atomic E-state index is 1.09. The van der Waals surface area contributed by atoms with Crippen LogP contribution in [-0.2, 0) is 0 Å². The molecule has 0 spiro atoms. The first-order valence-corrected chi connectivity index (χ1v) is 8.05. The Morgan fingerprint density at radius 2 is 1.40 bits per heavy atom. The maximum Gasteiger partial charge on any atom is 0.134 e. The van der Waals surface area contributed by atoms with Gasteiger partial charge in [0, 0.05) is 4.88 Å². The van der Waals surface area contributed by atoms with Crippen LogP contribution in [0.5, 0.6) is 0 Å². The van der Waals surface area contributed by atoms with Crippen molar-refractivity contribution in [3.8, 4) is 20.3 Å². The third-order valence-electron chi connectivity index (χ3n) is 3.17. The molecule has 0 saturated heterocycles. The van der Waals surface area contributed by atoms with Crippen molar-refractivity contribution in [2.75, 3.05) is 0 Å². The van der Waals surface area contributed by atoms with Gasteiger partial charge >= 0.3 is 0 Å². The van der Waals surface area contributed by atoms with Crippen LogP contribution in [0.25, 0.3) is 30.5 Å². The van der Waals surface area contributed by atoms with Gasteiger partial charge in [0.15, 0.2) is 0 Å². The van der Waals surface area contributed by atoms with Crippen LogP contribution in [0.4, 0.5) is 0 Å². The summed E-state index contributed by atoms with van der Waals surface area (Å²) in [6, 6.07) is 23.1. The minimum atomic E-state index is 1.09. The molecule has 3 heteroatoms. The molecule has 4 rings (SSSR count). The van der Waals surface area contributed by atoms with Crippen molar-refractivity contribution < 1.29 is 0 Å². The number of thiazole rings is 1. The number of thiophene rings is 1. The largest absolute Gasteiger partial charge is 0.235 e. The average molecular weight is 293 g/mol. The average Bonchev–Trinajstić information content (AvgIpc) is 3.14. The summed E-state index contributed by atoms with van der Waals surface area (Å²) < 4.78 is 1.25. The van der Waals surface area contributed by atoms with Gasteiger partial charge in [-0.3, -0.25) is 0 Å². The van der Waals surface area contributed by atoms with Crippen LogP contribution in [0.1, 0.15) is 0 Å². The van der Waals surface area contributed by atoms with Crippen LogP contribution in [0.3, 0.4) is 0 Å². The molecule has 0 aliphatic heterocycles. The van der Waals surface area contributed by atoms with Crippen molar-refractivity contribution in [1.82, 2.24) is 4.98 Å². The van der Waals surface area contributed by atoms with Crippen LogP contribution in [0.2, 0.25) is 0 Å². The van der Waals surface area contributed by atoms with Gasteiger partial charge < -0.3 is 0 Å². The van der Waals surface area contributed by atoms with E-state index in [-0.39, 0.29) is 0 Å². The minimum Gasteiger partial charge on any atom is -0.235 e. The standard InChI is InChI=1S/C17H11NS2/c1-2-6-12(7-3-1)14-10-11-16(19-14)17-18-13-8-4-5-9-15(13)20-17/h1-11H. The predicted molar refractivity (Wildman–Crippen MR) is 88.4 cm³/mol. The summed E-state index contributed by atoms with van der Waals surface area (Å²) in [6.07, 6.45) is 0. The van der Waals surface area contributed by atoms with E-state index < -0.39 is 0 Å². The maximum atomic E-state index is 4.72. The Hall–Kier alpha value is -1.97. The van der Waals surface area contributed by atoms with Gasteiger partial charge in [0.1, 0.15) is 5.01 Å². The second-order valence-electron chi connectivity index (χ2n) is 4.52. The molecule has 0 radical (unpaired) electrons. The van der Waals surface area contributed by atoms with Crippen LogP contribution >= 0.6 is 22.7 Å². The molecule has 20 heavy (non-hydrogen) atoms. The number of aromatic nitrogens is 1. The molecule has 2 aromatic heterocycles. The summed E-state index contributed by atoms with van der Waals surface area (Å²) in [5, 5.41) is 1.11. The summed E-state index contributed by atoms with van der Waals surface area (Å²) >= 11 is 3.56. The highest BCUT2D eigenvalue weighted by atomic mass is 32.1. The first kappa shape index (κ1) is 11.8. The number of hydrogen-bond donors (Lipinski definition) is 0. The number of fused-ring (bicyclic) bond motifs is 1. The zero-order chi connectivity index (χ0) is 13.4. The first-order valence-electron chi connectivity index (χ1n) is 6.41. The molecule has 0 saturated carbocycles. The lowest BCUT2D eigenvalue weighted by Gasteiger charge is -1.94. The summed E-state index contributed by atoms with van der Waals surface area (Å²) in [6.45, 7) is 0. The summed E-state index contributed by atoms with van der Waals surface area (Å²) in [5.74, 6) is 0. The maximum absolute atomic E-state index is 4.72. The lowest BCUT2D eigenvalue weighted by molar-refractivity contribution is 1.50. The molecule has 0 amide bonds. The molecule has 4 aromatic rings. The summed E-state index contributed by atoms with van der Waals surface area (Å²) in [5.41, 5.74) is 2.35. The van der Waals surface area contributed by atoms with Crippen LogP contribution in [-0.4, -0.2) is 4.98 Å².